The highest BCUT2D eigenvalue weighted by atomic mass is 16.6. The smallest absolute Gasteiger partial charge is 0.345 e. The molecule has 0 saturated heterocycles. The second-order valence-electron chi connectivity index (χ2n) is 2.54. The maximum atomic E-state index is 10.8. The molecule has 0 spiro atoms. The van der Waals surface area contributed by atoms with Crippen LogP contribution in [0.25, 0.3) is 0 Å². The summed E-state index contributed by atoms with van der Waals surface area (Å²) in [7, 11) is 0. The molecular weight excluding hydrogens is 196 g/mol. The number of esters is 2. The van der Waals surface area contributed by atoms with Crippen LogP contribution in [0.15, 0.2) is 0 Å². The van der Waals surface area contributed by atoms with Gasteiger partial charge in [0, 0.05) is 0 Å². The molecule has 0 saturated carbocycles. The maximum Gasteiger partial charge on any atom is 0.345 e. The van der Waals surface area contributed by atoms with Gasteiger partial charge in [0.25, 0.3) is 0 Å². The van der Waals surface area contributed by atoms with Gasteiger partial charge in [-0.3, -0.25) is 14.4 Å². The Kier molecular flexibility index (Phi) is 4.44. The van der Waals surface area contributed by atoms with E-state index in [2.05, 4.69) is 9.47 Å². The van der Waals surface area contributed by atoms with Crippen LogP contribution in [-0.2, 0) is 28.7 Å². The Morgan fingerprint density at radius 1 is 1.29 bits per heavy atom. The molecule has 0 bridgehead atoms. The maximum absolute atomic E-state index is 10.8. The lowest BCUT2D eigenvalue weighted by Gasteiger charge is -2.16. The summed E-state index contributed by atoms with van der Waals surface area (Å²) in [5.74, 6) is -2.40. The van der Waals surface area contributed by atoms with Gasteiger partial charge in [0.05, 0.1) is 6.42 Å². The van der Waals surface area contributed by atoms with Crippen molar-refractivity contribution >= 4 is 24.9 Å². The van der Waals surface area contributed by atoms with E-state index in [1.54, 1.807) is 0 Å². The minimum Gasteiger partial charge on any atom is -0.395 e. The van der Waals surface area contributed by atoms with Crippen LogP contribution in [0.3, 0.4) is 0 Å². The summed E-state index contributed by atoms with van der Waals surface area (Å²) in [6.45, 7) is 0.635. The van der Waals surface area contributed by atoms with Crippen LogP contribution in [0.1, 0.15) is 13.3 Å². The molecule has 0 aromatic heterocycles. The summed E-state index contributed by atoms with van der Waals surface area (Å²) in [5, 5.41) is 9.26. The van der Waals surface area contributed by atoms with E-state index >= 15 is 0 Å². The van der Waals surface area contributed by atoms with Crippen molar-refractivity contribution in [3.63, 3.8) is 0 Å². The van der Waals surface area contributed by atoms with E-state index in [9.17, 15) is 24.3 Å². The Morgan fingerprint density at radius 2 is 1.79 bits per heavy atom. The van der Waals surface area contributed by atoms with E-state index < -0.39 is 24.0 Å². The van der Waals surface area contributed by atoms with Gasteiger partial charge in [0.1, 0.15) is 0 Å². The van der Waals surface area contributed by atoms with Crippen molar-refractivity contribution in [2.45, 2.75) is 18.9 Å². The molecule has 1 atom stereocenters. The van der Waals surface area contributed by atoms with Crippen molar-refractivity contribution < 1.29 is 33.8 Å². The van der Waals surface area contributed by atoms with Crippen molar-refractivity contribution in [2.24, 2.45) is 0 Å². The zero-order valence-corrected chi connectivity index (χ0v) is 7.26. The van der Waals surface area contributed by atoms with Gasteiger partial charge in [-0.05, 0) is 6.92 Å². The molecule has 1 unspecified atom stereocenters. The summed E-state index contributed by atoms with van der Waals surface area (Å²) in [5.41, 5.74) is -2.19. The third-order valence-electron chi connectivity index (χ3n) is 1.26. The Balaban J connectivity index is 4.31. The first-order chi connectivity index (χ1) is 6.44. The van der Waals surface area contributed by atoms with E-state index in [1.165, 1.54) is 0 Å². The number of aliphatic hydroxyl groups is 1. The van der Waals surface area contributed by atoms with Gasteiger partial charge in [-0.15, -0.1) is 0 Å². The highest BCUT2D eigenvalue weighted by Crippen LogP contribution is 2.11. The number of hydrogen-bond donors (Lipinski definition) is 1. The molecule has 0 radical (unpaired) electrons. The van der Waals surface area contributed by atoms with E-state index in [4.69, 9.17) is 0 Å². The predicted molar refractivity (Wildman–Crippen MR) is 39.6 cm³/mol. The molecule has 14 heavy (non-hydrogen) atoms. The van der Waals surface area contributed by atoms with E-state index in [-0.39, 0.29) is 12.9 Å². The SMILES string of the molecule is CC(O)(CC(=O)OC=O)C(=O)OC=O. The summed E-state index contributed by atoms with van der Waals surface area (Å²) in [6, 6.07) is 0. The van der Waals surface area contributed by atoms with Crippen molar-refractivity contribution in [2.75, 3.05) is 0 Å². The molecule has 0 amide bonds. The highest BCUT2D eigenvalue weighted by molar-refractivity contribution is 5.89. The second kappa shape index (κ2) is 5.07. The molecule has 0 fully saturated rings. The van der Waals surface area contributed by atoms with Crippen LogP contribution in [0.4, 0.5) is 0 Å². The molecule has 0 aliphatic heterocycles. The van der Waals surface area contributed by atoms with E-state index in [0.29, 0.717) is 0 Å². The van der Waals surface area contributed by atoms with E-state index in [1.807, 2.05) is 0 Å². The van der Waals surface area contributed by atoms with Crippen LogP contribution in [-0.4, -0.2) is 35.6 Å². The zero-order chi connectivity index (χ0) is 11.2. The first-order valence-electron chi connectivity index (χ1n) is 3.44. The summed E-state index contributed by atoms with van der Waals surface area (Å²) < 4.78 is 7.65. The normalized spacial score (nSPS) is 13.6. The van der Waals surface area contributed by atoms with Crippen molar-refractivity contribution in [1.29, 1.82) is 0 Å². The lowest BCUT2D eigenvalue weighted by atomic mass is 10.0. The van der Waals surface area contributed by atoms with Crippen molar-refractivity contribution in [3.05, 3.63) is 0 Å². The van der Waals surface area contributed by atoms with E-state index in [0.717, 1.165) is 6.92 Å². The molecule has 1 N–H and O–H groups in total. The van der Waals surface area contributed by atoms with Crippen LogP contribution < -0.4 is 0 Å². The molecule has 0 aliphatic carbocycles. The topological polar surface area (TPSA) is 107 Å². The quantitative estimate of drug-likeness (QED) is 0.330. The van der Waals surface area contributed by atoms with Crippen molar-refractivity contribution in [3.8, 4) is 0 Å². The lowest BCUT2D eigenvalue weighted by molar-refractivity contribution is -0.173. The van der Waals surface area contributed by atoms with Crippen LogP contribution in [0.2, 0.25) is 0 Å². The van der Waals surface area contributed by atoms with Gasteiger partial charge in [-0.25, -0.2) is 4.79 Å². The highest BCUT2D eigenvalue weighted by Gasteiger charge is 2.35. The van der Waals surface area contributed by atoms with Gasteiger partial charge in [0.2, 0.25) is 0 Å². The minimum atomic E-state index is -2.19. The summed E-state index contributed by atoms with van der Waals surface area (Å²) in [4.78, 5) is 40.9. The fraction of sp³-hybridized carbons (Fsp3) is 0.429. The van der Waals surface area contributed by atoms with Gasteiger partial charge in [-0.1, -0.05) is 0 Å². The molecule has 0 rings (SSSR count). The van der Waals surface area contributed by atoms with Gasteiger partial charge in [0.15, 0.2) is 5.60 Å². The Bertz CT molecular complexity index is 255. The minimum absolute atomic E-state index is 0.135. The lowest BCUT2D eigenvalue weighted by Crippen LogP contribution is -2.39. The summed E-state index contributed by atoms with van der Waals surface area (Å²) >= 11 is 0. The van der Waals surface area contributed by atoms with Crippen LogP contribution in [0, 0.1) is 0 Å². The van der Waals surface area contributed by atoms with Gasteiger partial charge >= 0.3 is 24.9 Å². The number of carbonyl (C=O) groups excluding carboxylic acids is 4. The average molecular weight is 204 g/mol. The second-order valence-corrected chi connectivity index (χ2v) is 2.54. The molecule has 0 aromatic rings. The number of hydrogen-bond acceptors (Lipinski definition) is 7. The predicted octanol–water partition coefficient (Wildman–Crippen LogP) is -1.47. The molecule has 78 valence electrons. The molecular formula is C7H8O7. The number of ether oxygens (including phenoxy) is 2. The molecule has 7 heteroatoms. The summed E-state index contributed by atoms with van der Waals surface area (Å²) in [6.07, 6.45) is -0.779. The fourth-order valence-electron chi connectivity index (χ4n) is 0.619. The van der Waals surface area contributed by atoms with Crippen molar-refractivity contribution in [1.82, 2.24) is 0 Å². The molecule has 0 aromatic carbocycles. The molecule has 0 aliphatic rings. The number of carbonyl (C=O) groups is 4. The van der Waals surface area contributed by atoms with Crippen LogP contribution in [0.5, 0.6) is 0 Å². The third-order valence-corrected chi connectivity index (χ3v) is 1.26. The third kappa shape index (κ3) is 3.76. The Hall–Kier alpha value is -1.76. The average Bonchev–Trinajstić information content (AvgIpc) is 2.03. The first-order valence-corrected chi connectivity index (χ1v) is 3.44. The largest absolute Gasteiger partial charge is 0.395 e. The Morgan fingerprint density at radius 3 is 2.21 bits per heavy atom. The number of rotatable bonds is 5. The fourth-order valence-corrected chi connectivity index (χ4v) is 0.619. The van der Waals surface area contributed by atoms with Gasteiger partial charge in [-0.2, -0.15) is 0 Å². The monoisotopic (exact) mass is 204 g/mol. The zero-order valence-electron chi connectivity index (χ0n) is 7.26. The first kappa shape index (κ1) is 12.2. The standard InChI is InChI=1S/C7H8O7/c1-7(12,6(11)14-4-9)2-5(10)13-3-8/h3-4,12H,2H2,1H3. The molecule has 0 heterocycles. The molecule has 7 nitrogen and oxygen atoms in total. The van der Waals surface area contributed by atoms with Crippen LogP contribution >= 0.6 is 0 Å². The Labute approximate surface area is 78.6 Å². The van der Waals surface area contributed by atoms with Gasteiger partial charge < -0.3 is 14.6 Å².